The summed E-state index contributed by atoms with van der Waals surface area (Å²) >= 11 is 0. The molecule has 4 nitrogen and oxygen atoms in total. The molecule has 0 radical (unpaired) electrons. The Bertz CT molecular complexity index is 815. The van der Waals surface area contributed by atoms with Crippen molar-refractivity contribution in [2.24, 2.45) is 0 Å². The van der Waals surface area contributed by atoms with Crippen molar-refractivity contribution in [3.8, 4) is 17.6 Å². The zero-order valence-corrected chi connectivity index (χ0v) is 13.2. The van der Waals surface area contributed by atoms with Gasteiger partial charge in [0.2, 0.25) is 0 Å². The monoisotopic (exact) mass is 324 g/mol. The molecule has 1 atom stereocenters. The van der Waals surface area contributed by atoms with Gasteiger partial charge in [0, 0.05) is 6.54 Å². The Balaban J connectivity index is 1.70. The van der Waals surface area contributed by atoms with Crippen LogP contribution < -0.4 is 14.4 Å². The first-order valence-corrected chi connectivity index (χ1v) is 8.12. The predicted octanol–water partition coefficient (Wildman–Crippen LogP) is 3.81. The summed E-state index contributed by atoms with van der Waals surface area (Å²) in [6.45, 7) is 1.98. The van der Waals surface area contributed by atoms with Crippen LogP contribution in [0.15, 0.2) is 36.4 Å². The van der Waals surface area contributed by atoms with Gasteiger partial charge >= 0.3 is 0 Å². The van der Waals surface area contributed by atoms with Gasteiger partial charge in [0.1, 0.15) is 25.1 Å². The van der Waals surface area contributed by atoms with Crippen molar-refractivity contribution in [3.63, 3.8) is 0 Å². The predicted molar refractivity (Wildman–Crippen MR) is 87.9 cm³/mol. The van der Waals surface area contributed by atoms with Gasteiger partial charge in [-0.2, -0.15) is 5.26 Å². The topological polar surface area (TPSA) is 45.5 Å². The Morgan fingerprint density at radius 1 is 1.08 bits per heavy atom. The molecule has 1 saturated heterocycles. The average Bonchev–Trinajstić information content (AvgIpc) is 3.10. The van der Waals surface area contributed by atoms with Gasteiger partial charge in [0.25, 0.3) is 0 Å². The fourth-order valence-electron chi connectivity index (χ4n) is 3.52. The van der Waals surface area contributed by atoms with Crippen LogP contribution in [0.4, 0.5) is 10.1 Å². The number of nitriles is 1. The molecule has 0 aromatic heterocycles. The minimum absolute atomic E-state index is 0.151. The number of hydrogen-bond acceptors (Lipinski definition) is 4. The summed E-state index contributed by atoms with van der Waals surface area (Å²) in [6, 6.07) is 12.7. The quantitative estimate of drug-likeness (QED) is 0.843. The van der Waals surface area contributed by atoms with E-state index in [0.29, 0.717) is 18.8 Å². The van der Waals surface area contributed by atoms with Crippen LogP contribution in [0.3, 0.4) is 0 Å². The zero-order valence-electron chi connectivity index (χ0n) is 13.2. The molecule has 2 aliphatic rings. The highest BCUT2D eigenvalue weighted by molar-refractivity contribution is 5.61. The first-order chi connectivity index (χ1) is 11.8. The number of ether oxygens (including phenoxy) is 2. The van der Waals surface area contributed by atoms with E-state index in [0.717, 1.165) is 42.1 Å². The average molecular weight is 324 g/mol. The highest BCUT2D eigenvalue weighted by Crippen LogP contribution is 2.41. The molecule has 122 valence electrons. The SMILES string of the molecule is N#Cc1cc(F)ccc1N1CCCC1c1ccc2c(c1)OCCO2. The Hall–Kier alpha value is -2.74. The second-order valence-corrected chi connectivity index (χ2v) is 6.03. The van der Waals surface area contributed by atoms with E-state index in [-0.39, 0.29) is 11.9 Å². The number of fused-ring (bicyclic) bond motifs is 1. The molecule has 0 amide bonds. The summed E-state index contributed by atoms with van der Waals surface area (Å²) in [4.78, 5) is 2.18. The highest BCUT2D eigenvalue weighted by Gasteiger charge is 2.29. The molecule has 2 aliphatic heterocycles. The van der Waals surface area contributed by atoms with Crippen molar-refractivity contribution >= 4 is 5.69 Å². The summed E-state index contributed by atoms with van der Waals surface area (Å²) in [5, 5.41) is 9.34. The fourth-order valence-corrected chi connectivity index (χ4v) is 3.52. The summed E-state index contributed by atoms with van der Waals surface area (Å²) in [5.74, 6) is 1.16. The van der Waals surface area contributed by atoms with Crippen molar-refractivity contribution in [2.45, 2.75) is 18.9 Å². The number of anilines is 1. The summed E-state index contributed by atoms with van der Waals surface area (Å²) in [6.07, 6.45) is 2.02. The van der Waals surface area contributed by atoms with Crippen LogP contribution in [0, 0.1) is 17.1 Å². The number of hydrogen-bond donors (Lipinski definition) is 0. The van der Waals surface area contributed by atoms with Crippen molar-refractivity contribution in [3.05, 3.63) is 53.3 Å². The van der Waals surface area contributed by atoms with Crippen molar-refractivity contribution in [2.75, 3.05) is 24.7 Å². The van der Waals surface area contributed by atoms with Gasteiger partial charge in [-0.25, -0.2) is 4.39 Å². The molecule has 0 spiro atoms. The molecule has 0 N–H and O–H groups in total. The van der Waals surface area contributed by atoms with Gasteiger partial charge in [0.05, 0.1) is 17.3 Å². The lowest BCUT2D eigenvalue weighted by molar-refractivity contribution is 0.171. The highest BCUT2D eigenvalue weighted by atomic mass is 19.1. The Kier molecular flexibility index (Phi) is 3.73. The molecule has 1 unspecified atom stereocenters. The molecule has 2 aromatic carbocycles. The van der Waals surface area contributed by atoms with Gasteiger partial charge in [-0.3, -0.25) is 0 Å². The molecular formula is C19H17FN2O2. The number of rotatable bonds is 2. The van der Waals surface area contributed by atoms with E-state index in [4.69, 9.17) is 9.47 Å². The number of benzene rings is 2. The normalized spacial score (nSPS) is 19.2. The van der Waals surface area contributed by atoms with Crippen LogP contribution >= 0.6 is 0 Å². The minimum atomic E-state index is -0.384. The van der Waals surface area contributed by atoms with E-state index in [1.165, 1.54) is 12.1 Å². The Morgan fingerprint density at radius 3 is 2.75 bits per heavy atom. The van der Waals surface area contributed by atoms with E-state index in [1.807, 2.05) is 18.2 Å². The molecule has 2 aromatic rings. The fraction of sp³-hybridized carbons (Fsp3) is 0.316. The van der Waals surface area contributed by atoms with Crippen molar-refractivity contribution in [1.82, 2.24) is 0 Å². The lowest BCUT2D eigenvalue weighted by Gasteiger charge is -2.29. The first kappa shape index (κ1) is 14.8. The number of halogens is 1. The summed E-state index contributed by atoms with van der Waals surface area (Å²) in [5.41, 5.74) is 2.29. The van der Waals surface area contributed by atoms with E-state index in [2.05, 4.69) is 11.0 Å². The van der Waals surface area contributed by atoms with Crippen molar-refractivity contribution < 1.29 is 13.9 Å². The minimum Gasteiger partial charge on any atom is -0.486 e. The standard InChI is InChI=1S/C19H17FN2O2/c20-15-4-5-17(14(10-15)12-21)22-7-1-2-16(22)13-3-6-18-19(11-13)24-9-8-23-18/h3-6,10-11,16H,1-2,7-9H2. The molecular weight excluding hydrogens is 307 g/mol. The summed E-state index contributed by atoms with van der Waals surface area (Å²) < 4.78 is 24.7. The maximum atomic E-state index is 13.4. The second kappa shape index (κ2) is 6.04. The molecule has 2 heterocycles. The molecule has 4 rings (SSSR count). The molecule has 1 fully saturated rings. The van der Waals surface area contributed by atoms with Crippen LogP contribution in [0.1, 0.15) is 30.0 Å². The van der Waals surface area contributed by atoms with E-state index < -0.39 is 0 Å². The molecule has 5 heteroatoms. The van der Waals surface area contributed by atoms with E-state index in [1.54, 1.807) is 6.07 Å². The van der Waals surface area contributed by atoms with Crippen LogP contribution in [-0.2, 0) is 0 Å². The molecule has 0 aliphatic carbocycles. The maximum Gasteiger partial charge on any atom is 0.161 e. The zero-order chi connectivity index (χ0) is 16.5. The second-order valence-electron chi connectivity index (χ2n) is 6.03. The largest absolute Gasteiger partial charge is 0.486 e. The van der Waals surface area contributed by atoms with Crippen LogP contribution in [0.2, 0.25) is 0 Å². The van der Waals surface area contributed by atoms with Gasteiger partial charge < -0.3 is 14.4 Å². The van der Waals surface area contributed by atoms with Crippen LogP contribution in [-0.4, -0.2) is 19.8 Å². The first-order valence-electron chi connectivity index (χ1n) is 8.12. The number of nitrogens with zero attached hydrogens (tertiary/aromatic N) is 2. The van der Waals surface area contributed by atoms with Crippen LogP contribution in [0.5, 0.6) is 11.5 Å². The lowest BCUT2D eigenvalue weighted by Crippen LogP contribution is -2.24. The Morgan fingerprint density at radius 2 is 1.92 bits per heavy atom. The summed E-state index contributed by atoms with van der Waals surface area (Å²) in [7, 11) is 0. The maximum absolute atomic E-state index is 13.4. The molecule has 24 heavy (non-hydrogen) atoms. The van der Waals surface area contributed by atoms with Gasteiger partial charge in [-0.15, -0.1) is 0 Å². The third-order valence-electron chi connectivity index (χ3n) is 4.59. The van der Waals surface area contributed by atoms with Gasteiger partial charge in [-0.1, -0.05) is 6.07 Å². The Labute approximate surface area is 140 Å². The lowest BCUT2D eigenvalue weighted by atomic mass is 10.0. The van der Waals surface area contributed by atoms with Crippen molar-refractivity contribution in [1.29, 1.82) is 5.26 Å². The van der Waals surface area contributed by atoms with Gasteiger partial charge in [-0.05, 0) is 48.7 Å². The van der Waals surface area contributed by atoms with Crippen LogP contribution in [0.25, 0.3) is 0 Å². The molecule has 0 bridgehead atoms. The third kappa shape index (κ3) is 2.54. The third-order valence-corrected chi connectivity index (χ3v) is 4.59. The smallest absolute Gasteiger partial charge is 0.161 e. The van der Waals surface area contributed by atoms with E-state index >= 15 is 0 Å². The molecule has 0 saturated carbocycles. The van der Waals surface area contributed by atoms with Gasteiger partial charge in [0.15, 0.2) is 11.5 Å². The van der Waals surface area contributed by atoms with E-state index in [9.17, 15) is 9.65 Å².